The summed E-state index contributed by atoms with van der Waals surface area (Å²) in [5.74, 6) is 0.905. The standard InChI is InChI=1S/C13H16O5/c1-8(13(14)15)3-4-9-5-11-12(18-7-17-11)6-10(9)16-2/h5-6,8H,3-4,7H2,1-2H3,(H,14,15). The Kier molecular flexibility index (Phi) is 3.60. The summed E-state index contributed by atoms with van der Waals surface area (Å²) in [5.41, 5.74) is 0.940. The van der Waals surface area contributed by atoms with E-state index in [1.165, 1.54) is 0 Å². The molecule has 1 aromatic rings. The number of methoxy groups -OCH3 is 1. The topological polar surface area (TPSA) is 65.0 Å². The van der Waals surface area contributed by atoms with Crippen molar-refractivity contribution in [2.24, 2.45) is 5.92 Å². The number of fused-ring (bicyclic) bond motifs is 1. The van der Waals surface area contributed by atoms with Crippen molar-refractivity contribution in [2.45, 2.75) is 19.8 Å². The van der Waals surface area contributed by atoms with Crippen LogP contribution < -0.4 is 14.2 Å². The van der Waals surface area contributed by atoms with E-state index < -0.39 is 5.97 Å². The molecule has 5 heteroatoms. The fourth-order valence-electron chi connectivity index (χ4n) is 1.85. The molecule has 1 aliphatic rings. The first-order chi connectivity index (χ1) is 8.61. The molecule has 0 saturated heterocycles. The van der Waals surface area contributed by atoms with Gasteiger partial charge in [0.05, 0.1) is 13.0 Å². The van der Waals surface area contributed by atoms with Crippen molar-refractivity contribution in [2.75, 3.05) is 13.9 Å². The van der Waals surface area contributed by atoms with E-state index >= 15 is 0 Å². The van der Waals surface area contributed by atoms with Gasteiger partial charge in [0.2, 0.25) is 6.79 Å². The maximum absolute atomic E-state index is 10.8. The van der Waals surface area contributed by atoms with Crippen molar-refractivity contribution in [3.05, 3.63) is 17.7 Å². The van der Waals surface area contributed by atoms with E-state index in [0.29, 0.717) is 30.1 Å². The third kappa shape index (κ3) is 2.50. The van der Waals surface area contributed by atoms with Crippen LogP contribution in [0.25, 0.3) is 0 Å². The Morgan fingerprint density at radius 1 is 1.44 bits per heavy atom. The summed E-state index contributed by atoms with van der Waals surface area (Å²) in [4.78, 5) is 10.8. The van der Waals surface area contributed by atoms with Crippen LogP contribution in [0.1, 0.15) is 18.9 Å². The average molecular weight is 252 g/mol. The van der Waals surface area contributed by atoms with Gasteiger partial charge in [-0.15, -0.1) is 0 Å². The number of benzene rings is 1. The Hall–Kier alpha value is -1.91. The monoisotopic (exact) mass is 252 g/mol. The van der Waals surface area contributed by atoms with Crippen LogP contribution in [0.2, 0.25) is 0 Å². The number of carboxylic acids is 1. The average Bonchev–Trinajstić information content (AvgIpc) is 2.81. The molecule has 2 rings (SSSR count). The van der Waals surface area contributed by atoms with Gasteiger partial charge in [-0.3, -0.25) is 4.79 Å². The summed E-state index contributed by atoms with van der Waals surface area (Å²) in [6.45, 7) is 1.91. The Balaban J connectivity index is 2.14. The zero-order valence-corrected chi connectivity index (χ0v) is 10.4. The van der Waals surface area contributed by atoms with E-state index in [4.69, 9.17) is 19.3 Å². The first kappa shape index (κ1) is 12.5. The van der Waals surface area contributed by atoms with Gasteiger partial charge >= 0.3 is 5.97 Å². The third-order valence-corrected chi connectivity index (χ3v) is 3.04. The molecular weight excluding hydrogens is 236 g/mol. The van der Waals surface area contributed by atoms with E-state index in [9.17, 15) is 4.79 Å². The van der Waals surface area contributed by atoms with Gasteiger partial charge in [-0.25, -0.2) is 0 Å². The van der Waals surface area contributed by atoms with Crippen LogP contribution in [-0.4, -0.2) is 25.0 Å². The number of aliphatic carboxylic acids is 1. The first-order valence-corrected chi connectivity index (χ1v) is 5.81. The molecule has 0 fully saturated rings. The molecule has 5 nitrogen and oxygen atoms in total. The summed E-state index contributed by atoms with van der Waals surface area (Å²) in [6.07, 6.45) is 1.19. The van der Waals surface area contributed by atoms with E-state index in [0.717, 1.165) is 5.56 Å². The number of ether oxygens (including phenoxy) is 3. The number of hydrogen-bond acceptors (Lipinski definition) is 4. The lowest BCUT2D eigenvalue weighted by Crippen LogP contribution is -2.10. The van der Waals surface area contributed by atoms with Crippen LogP contribution in [0.15, 0.2) is 12.1 Å². The SMILES string of the molecule is COc1cc2c(cc1CCC(C)C(=O)O)OCO2. The van der Waals surface area contributed by atoms with Gasteiger partial charge in [-0.05, 0) is 24.5 Å². The predicted octanol–water partition coefficient (Wildman–Crippen LogP) is 2.08. The minimum Gasteiger partial charge on any atom is -0.496 e. The molecule has 18 heavy (non-hydrogen) atoms. The summed E-state index contributed by atoms with van der Waals surface area (Å²) in [5, 5.41) is 8.87. The normalized spacial score (nSPS) is 14.3. The molecule has 1 aromatic carbocycles. The van der Waals surface area contributed by atoms with Crippen molar-refractivity contribution in [1.82, 2.24) is 0 Å². The van der Waals surface area contributed by atoms with Gasteiger partial charge in [0, 0.05) is 6.07 Å². The summed E-state index contributed by atoms with van der Waals surface area (Å²) in [7, 11) is 1.58. The quantitative estimate of drug-likeness (QED) is 0.869. The smallest absolute Gasteiger partial charge is 0.306 e. The van der Waals surface area contributed by atoms with Crippen molar-refractivity contribution in [3.63, 3.8) is 0 Å². The predicted molar refractivity (Wildman–Crippen MR) is 64.2 cm³/mol. The molecule has 0 spiro atoms. The summed E-state index contributed by atoms with van der Waals surface area (Å²) in [6, 6.07) is 3.64. The maximum atomic E-state index is 10.8. The lowest BCUT2D eigenvalue weighted by Gasteiger charge is -2.11. The van der Waals surface area contributed by atoms with E-state index in [1.807, 2.05) is 6.07 Å². The molecular formula is C13H16O5. The van der Waals surface area contributed by atoms with Crippen LogP contribution in [0, 0.1) is 5.92 Å². The Bertz CT molecular complexity index is 455. The minimum atomic E-state index is -0.783. The highest BCUT2D eigenvalue weighted by Crippen LogP contribution is 2.38. The van der Waals surface area contributed by atoms with E-state index in [-0.39, 0.29) is 12.7 Å². The number of aryl methyl sites for hydroxylation is 1. The number of carbonyl (C=O) groups is 1. The molecule has 98 valence electrons. The van der Waals surface area contributed by atoms with Gasteiger partial charge in [0.1, 0.15) is 5.75 Å². The van der Waals surface area contributed by atoms with Gasteiger partial charge in [-0.2, -0.15) is 0 Å². The van der Waals surface area contributed by atoms with Crippen LogP contribution in [0.4, 0.5) is 0 Å². The van der Waals surface area contributed by atoms with Gasteiger partial charge < -0.3 is 19.3 Å². The molecule has 0 aliphatic carbocycles. The molecule has 1 N–H and O–H groups in total. The molecule has 1 unspecified atom stereocenters. The zero-order chi connectivity index (χ0) is 13.1. The number of rotatable bonds is 5. The van der Waals surface area contributed by atoms with Crippen molar-refractivity contribution in [1.29, 1.82) is 0 Å². The second-order valence-electron chi connectivity index (χ2n) is 4.30. The highest BCUT2D eigenvalue weighted by atomic mass is 16.7. The summed E-state index contributed by atoms with van der Waals surface area (Å²) < 4.78 is 15.8. The lowest BCUT2D eigenvalue weighted by atomic mass is 10.0. The minimum absolute atomic E-state index is 0.216. The van der Waals surface area contributed by atoms with Crippen LogP contribution in [0.3, 0.4) is 0 Å². The van der Waals surface area contributed by atoms with Crippen LogP contribution in [-0.2, 0) is 11.2 Å². The molecule has 1 heterocycles. The maximum Gasteiger partial charge on any atom is 0.306 e. The Labute approximate surface area is 105 Å². The van der Waals surface area contributed by atoms with Gasteiger partial charge in [0.25, 0.3) is 0 Å². The zero-order valence-electron chi connectivity index (χ0n) is 10.4. The summed E-state index contributed by atoms with van der Waals surface area (Å²) >= 11 is 0. The fourth-order valence-corrected chi connectivity index (χ4v) is 1.85. The second-order valence-corrected chi connectivity index (χ2v) is 4.30. The van der Waals surface area contributed by atoms with Crippen LogP contribution in [0.5, 0.6) is 17.2 Å². The molecule has 0 aromatic heterocycles. The fraction of sp³-hybridized carbons (Fsp3) is 0.462. The highest BCUT2D eigenvalue weighted by Gasteiger charge is 2.19. The van der Waals surface area contributed by atoms with Crippen LogP contribution >= 0.6 is 0 Å². The Morgan fingerprint density at radius 3 is 2.72 bits per heavy atom. The lowest BCUT2D eigenvalue weighted by molar-refractivity contribution is -0.141. The number of hydrogen-bond donors (Lipinski definition) is 1. The third-order valence-electron chi connectivity index (χ3n) is 3.04. The van der Waals surface area contributed by atoms with E-state index in [2.05, 4.69) is 0 Å². The molecule has 0 bridgehead atoms. The van der Waals surface area contributed by atoms with Gasteiger partial charge in [0.15, 0.2) is 11.5 Å². The van der Waals surface area contributed by atoms with Crippen molar-refractivity contribution < 1.29 is 24.1 Å². The number of carboxylic acid groups (broad SMARTS) is 1. The highest BCUT2D eigenvalue weighted by molar-refractivity contribution is 5.69. The largest absolute Gasteiger partial charge is 0.496 e. The molecule has 0 amide bonds. The van der Waals surface area contributed by atoms with Gasteiger partial charge in [-0.1, -0.05) is 6.92 Å². The second kappa shape index (κ2) is 5.16. The van der Waals surface area contributed by atoms with Crippen molar-refractivity contribution in [3.8, 4) is 17.2 Å². The molecule has 1 atom stereocenters. The molecule has 0 saturated carbocycles. The Morgan fingerprint density at radius 2 is 2.11 bits per heavy atom. The molecule has 1 aliphatic heterocycles. The first-order valence-electron chi connectivity index (χ1n) is 5.81. The van der Waals surface area contributed by atoms with E-state index in [1.54, 1.807) is 20.1 Å². The molecule has 0 radical (unpaired) electrons. The van der Waals surface area contributed by atoms with Crippen molar-refractivity contribution >= 4 is 5.97 Å².